The van der Waals surface area contributed by atoms with E-state index in [9.17, 15) is 29.4 Å². The van der Waals surface area contributed by atoms with Crippen LogP contribution in [-0.4, -0.2) is 64.1 Å². The van der Waals surface area contributed by atoms with Crippen molar-refractivity contribution in [3.8, 4) is 22.5 Å². The van der Waals surface area contributed by atoms with E-state index in [2.05, 4.69) is 15.3 Å². The summed E-state index contributed by atoms with van der Waals surface area (Å²) < 4.78 is 0. The lowest BCUT2D eigenvalue weighted by molar-refractivity contribution is -0.140. The summed E-state index contributed by atoms with van der Waals surface area (Å²) in [5.41, 5.74) is 5.63. The van der Waals surface area contributed by atoms with Gasteiger partial charge in [0.05, 0.1) is 30.1 Å². The number of aryl methyl sites for hydroxylation is 1. The first-order valence-electron chi connectivity index (χ1n) is 17.6. The van der Waals surface area contributed by atoms with E-state index in [4.69, 9.17) is 23.2 Å². The summed E-state index contributed by atoms with van der Waals surface area (Å²) in [4.78, 5) is 60.4. The summed E-state index contributed by atoms with van der Waals surface area (Å²) in [6, 6.07) is 30.6. The number of para-hydroxylation sites is 1. The molecular formula is C42H39Cl2N5O6S2. The quantitative estimate of drug-likeness (QED) is 0.0974. The van der Waals surface area contributed by atoms with Gasteiger partial charge in [-0.25, -0.2) is 9.97 Å². The molecule has 294 valence electrons. The molecule has 6 aromatic rings. The van der Waals surface area contributed by atoms with Crippen LogP contribution in [0.3, 0.4) is 0 Å². The minimum Gasteiger partial charge on any atom is -0.481 e. The molecule has 3 N–H and O–H groups in total. The molecule has 2 atom stereocenters. The highest BCUT2D eigenvalue weighted by atomic mass is 35.5. The van der Waals surface area contributed by atoms with Crippen LogP contribution in [0.15, 0.2) is 114 Å². The van der Waals surface area contributed by atoms with Crippen LogP contribution in [0.2, 0.25) is 10.0 Å². The van der Waals surface area contributed by atoms with E-state index in [0.717, 1.165) is 22.3 Å². The maximum atomic E-state index is 13.1. The molecule has 0 fully saturated rings. The molecule has 1 unspecified atom stereocenters. The number of anilines is 3. The van der Waals surface area contributed by atoms with Gasteiger partial charge in [-0.3, -0.25) is 29.0 Å². The van der Waals surface area contributed by atoms with E-state index in [1.54, 1.807) is 38.4 Å². The zero-order valence-electron chi connectivity index (χ0n) is 31.1. The van der Waals surface area contributed by atoms with Gasteiger partial charge in [0.25, 0.3) is 5.91 Å². The van der Waals surface area contributed by atoms with Gasteiger partial charge in [-0.05, 0) is 43.2 Å². The van der Waals surface area contributed by atoms with Gasteiger partial charge in [0.2, 0.25) is 5.91 Å². The highest BCUT2D eigenvalue weighted by Gasteiger charge is 2.29. The lowest BCUT2D eigenvalue weighted by atomic mass is 9.94. The molecule has 15 heteroatoms. The van der Waals surface area contributed by atoms with E-state index in [-0.39, 0.29) is 24.7 Å². The number of aromatic nitrogens is 2. The van der Waals surface area contributed by atoms with Gasteiger partial charge in [0.15, 0.2) is 10.3 Å². The van der Waals surface area contributed by atoms with Crippen molar-refractivity contribution in [1.82, 2.24) is 9.97 Å². The summed E-state index contributed by atoms with van der Waals surface area (Å²) in [5, 5.41) is 27.3. The highest BCUT2D eigenvalue weighted by molar-refractivity contribution is 7.14. The third kappa shape index (κ3) is 11.7. The average Bonchev–Trinajstić information content (AvgIpc) is 3.89. The van der Waals surface area contributed by atoms with Crippen molar-refractivity contribution in [1.29, 1.82) is 0 Å². The Morgan fingerprint density at radius 3 is 1.63 bits per heavy atom. The van der Waals surface area contributed by atoms with Crippen molar-refractivity contribution in [3.63, 3.8) is 0 Å². The lowest BCUT2D eigenvalue weighted by Crippen LogP contribution is -2.42. The number of hydrogen-bond acceptors (Lipinski definition) is 9. The van der Waals surface area contributed by atoms with Crippen LogP contribution in [-0.2, 0) is 25.6 Å². The predicted molar refractivity (Wildman–Crippen MR) is 229 cm³/mol. The van der Waals surface area contributed by atoms with Gasteiger partial charge in [-0.2, -0.15) is 0 Å². The molecule has 2 amide bonds. The van der Waals surface area contributed by atoms with Crippen LogP contribution < -0.4 is 15.1 Å². The Morgan fingerprint density at radius 2 is 1.14 bits per heavy atom. The van der Waals surface area contributed by atoms with E-state index in [0.29, 0.717) is 43.8 Å². The van der Waals surface area contributed by atoms with Gasteiger partial charge >= 0.3 is 11.9 Å². The number of amides is 2. The lowest BCUT2D eigenvalue weighted by Gasteiger charge is -2.22. The van der Waals surface area contributed by atoms with Gasteiger partial charge in [0.1, 0.15) is 6.04 Å². The number of benzene rings is 4. The summed E-state index contributed by atoms with van der Waals surface area (Å²) >= 11 is 15.1. The van der Waals surface area contributed by atoms with Crippen molar-refractivity contribution >= 4 is 85.6 Å². The number of carboxylic acid groups (broad SMARTS) is 2. The minimum absolute atomic E-state index is 0.236. The first kappa shape index (κ1) is 42.5. The summed E-state index contributed by atoms with van der Waals surface area (Å²) in [6.45, 7) is 1.98. The second-order valence-electron chi connectivity index (χ2n) is 12.9. The standard InChI is InChI=1S/C22H21ClN2O3S.C20H18ClN3O3S/c1-14-7-9-15(10-8-14)11-16(12-20(26)27)21(28)25(2)22-24-19(13-29-22)17-5-3-4-6-18(17)23;1-24(20-23-17(12-28-20)14-9-5-6-10-15(14)21)19(27)16(11-18(25)26)22-13-7-3-2-4-8-13/h3-10,13,16H,11-12H2,1-2H3,(H,26,27);2-10,12,16,22H,11H2,1H3,(H,25,26)/t;16-/m.1/s1. The molecular weight excluding hydrogens is 806 g/mol. The Labute approximate surface area is 348 Å². The number of nitrogens with zero attached hydrogens (tertiary/aromatic N) is 4. The van der Waals surface area contributed by atoms with Crippen LogP contribution in [0.4, 0.5) is 16.0 Å². The molecule has 0 saturated carbocycles. The first-order valence-corrected chi connectivity index (χ1v) is 20.1. The summed E-state index contributed by atoms with van der Waals surface area (Å²) in [5.74, 6) is -3.39. The molecule has 0 aliphatic heterocycles. The minimum atomic E-state index is -1.06. The molecule has 57 heavy (non-hydrogen) atoms. The van der Waals surface area contributed by atoms with Gasteiger partial charge in [0, 0.05) is 51.7 Å². The summed E-state index contributed by atoms with van der Waals surface area (Å²) in [6.07, 6.45) is -0.223. The van der Waals surface area contributed by atoms with Crippen molar-refractivity contribution in [3.05, 3.63) is 135 Å². The Bertz CT molecular complexity index is 2320. The van der Waals surface area contributed by atoms with E-state index in [1.165, 1.54) is 32.5 Å². The number of carboxylic acids is 2. The SMILES string of the molecule is CN(C(=O)[C@@H](CC(=O)O)Nc1ccccc1)c1nc(-c2ccccc2Cl)cs1.Cc1ccc(CC(CC(=O)O)C(=O)N(C)c2nc(-c3ccccc3Cl)cs2)cc1. The van der Waals surface area contributed by atoms with Gasteiger partial charge in [-0.15, -0.1) is 22.7 Å². The van der Waals surface area contributed by atoms with Crippen LogP contribution in [0, 0.1) is 12.8 Å². The maximum Gasteiger partial charge on any atom is 0.305 e. The molecule has 0 aliphatic rings. The molecule has 0 spiro atoms. The Kier molecular flexibility index (Phi) is 14.9. The Balaban J connectivity index is 0.000000218. The molecule has 11 nitrogen and oxygen atoms in total. The van der Waals surface area contributed by atoms with Crippen LogP contribution in [0.5, 0.6) is 0 Å². The maximum absolute atomic E-state index is 13.1. The van der Waals surface area contributed by atoms with E-state index in [1.807, 2.05) is 96.5 Å². The second-order valence-corrected chi connectivity index (χ2v) is 15.4. The fourth-order valence-electron chi connectivity index (χ4n) is 5.69. The van der Waals surface area contributed by atoms with Crippen LogP contribution >= 0.6 is 45.9 Å². The number of halogens is 2. The molecule has 0 radical (unpaired) electrons. The molecule has 0 aliphatic carbocycles. The number of likely N-dealkylation sites (N-methyl/N-ethyl adjacent to an activating group) is 1. The average molecular weight is 845 g/mol. The fourth-order valence-corrected chi connectivity index (χ4v) is 7.75. The zero-order valence-corrected chi connectivity index (χ0v) is 34.3. The van der Waals surface area contributed by atoms with E-state index < -0.39 is 23.9 Å². The molecule has 0 saturated heterocycles. The monoisotopic (exact) mass is 843 g/mol. The predicted octanol–water partition coefficient (Wildman–Crippen LogP) is 9.45. The van der Waals surface area contributed by atoms with Crippen molar-refractivity contribution in [2.24, 2.45) is 5.92 Å². The normalized spacial score (nSPS) is 11.7. The van der Waals surface area contributed by atoms with Gasteiger partial charge < -0.3 is 15.5 Å². The Hall–Kier alpha value is -5.60. The first-order chi connectivity index (χ1) is 27.3. The molecule has 4 aromatic carbocycles. The largest absolute Gasteiger partial charge is 0.481 e. The number of aliphatic carboxylic acids is 2. The fraction of sp³-hybridized carbons (Fsp3) is 0.190. The molecule has 2 aromatic heterocycles. The number of carbonyl (C=O) groups excluding carboxylic acids is 2. The van der Waals surface area contributed by atoms with Gasteiger partial charge in [-0.1, -0.05) is 108 Å². The van der Waals surface area contributed by atoms with Crippen molar-refractivity contribution in [2.75, 3.05) is 29.2 Å². The Morgan fingerprint density at radius 1 is 0.667 bits per heavy atom. The third-order valence-electron chi connectivity index (χ3n) is 8.68. The number of nitrogens with one attached hydrogen (secondary N) is 1. The molecule has 0 bridgehead atoms. The third-order valence-corrected chi connectivity index (χ3v) is 11.2. The number of thiazole rings is 2. The molecule has 6 rings (SSSR count). The second kappa shape index (κ2) is 20.0. The van der Waals surface area contributed by atoms with Crippen molar-refractivity contribution in [2.45, 2.75) is 32.2 Å². The van der Waals surface area contributed by atoms with Crippen LogP contribution in [0.1, 0.15) is 24.0 Å². The topological polar surface area (TPSA) is 153 Å². The van der Waals surface area contributed by atoms with E-state index >= 15 is 0 Å². The number of carbonyl (C=O) groups is 4. The number of hydrogen-bond donors (Lipinski definition) is 3. The molecule has 2 heterocycles. The van der Waals surface area contributed by atoms with Crippen LogP contribution in [0.25, 0.3) is 22.5 Å². The van der Waals surface area contributed by atoms with Crippen molar-refractivity contribution < 1.29 is 29.4 Å². The smallest absolute Gasteiger partial charge is 0.305 e. The summed E-state index contributed by atoms with van der Waals surface area (Å²) in [7, 11) is 3.21. The number of rotatable bonds is 14. The zero-order chi connectivity index (χ0) is 41.1. The highest BCUT2D eigenvalue weighted by Crippen LogP contribution is 2.33.